The summed E-state index contributed by atoms with van der Waals surface area (Å²) >= 11 is 0. The van der Waals surface area contributed by atoms with E-state index in [-0.39, 0.29) is 6.04 Å². The van der Waals surface area contributed by atoms with Gasteiger partial charge in [-0.05, 0) is 43.7 Å². The number of aryl methyl sites for hydroxylation is 1. The van der Waals surface area contributed by atoms with Crippen LogP contribution in [0.5, 0.6) is 11.5 Å². The van der Waals surface area contributed by atoms with Crippen molar-refractivity contribution >= 4 is 5.69 Å². The fourth-order valence-corrected chi connectivity index (χ4v) is 2.34. The molecule has 0 spiro atoms. The second kappa shape index (κ2) is 6.04. The summed E-state index contributed by atoms with van der Waals surface area (Å²) in [7, 11) is 0. The summed E-state index contributed by atoms with van der Waals surface area (Å²) in [6.45, 7) is 5.53. The van der Waals surface area contributed by atoms with E-state index in [0.717, 1.165) is 35.9 Å². The van der Waals surface area contributed by atoms with Crippen molar-refractivity contribution in [3.8, 4) is 11.5 Å². The van der Waals surface area contributed by atoms with E-state index < -0.39 is 0 Å². The van der Waals surface area contributed by atoms with E-state index in [0.29, 0.717) is 6.61 Å². The summed E-state index contributed by atoms with van der Waals surface area (Å²) in [5.41, 5.74) is 3.20. The van der Waals surface area contributed by atoms with Crippen molar-refractivity contribution in [1.29, 1.82) is 0 Å². The fraction of sp³-hybridized carbons (Fsp3) is 0.353. The van der Waals surface area contributed by atoms with Gasteiger partial charge >= 0.3 is 0 Å². The van der Waals surface area contributed by atoms with E-state index in [1.54, 1.807) is 0 Å². The molecule has 0 saturated carbocycles. The Morgan fingerprint density at radius 2 is 1.90 bits per heavy atom. The highest BCUT2D eigenvalue weighted by Crippen LogP contribution is 2.33. The van der Waals surface area contributed by atoms with Crippen molar-refractivity contribution < 1.29 is 9.47 Å². The van der Waals surface area contributed by atoms with Gasteiger partial charge < -0.3 is 14.8 Å². The average molecular weight is 284 g/mol. The van der Waals surface area contributed by atoms with Crippen LogP contribution < -0.4 is 14.8 Å². The molecule has 21 heavy (non-hydrogen) atoms. The molecule has 110 valence electrons. The van der Waals surface area contributed by atoms with Crippen molar-refractivity contribution in [2.75, 3.05) is 18.5 Å². The first-order valence-corrected chi connectivity index (χ1v) is 7.31. The molecule has 1 atom stereocenters. The molecule has 0 aliphatic carbocycles. The van der Waals surface area contributed by atoms with E-state index >= 15 is 0 Å². The van der Waals surface area contributed by atoms with E-state index in [2.05, 4.69) is 29.4 Å². The van der Waals surface area contributed by atoms with Crippen LogP contribution >= 0.6 is 0 Å². The lowest BCUT2D eigenvalue weighted by molar-refractivity contribution is 0.297. The van der Waals surface area contributed by atoms with Gasteiger partial charge in [-0.1, -0.05) is 6.07 Å². The molecule has 0 radical (unpaired) electrons. The second-order valence-electron chi connectivity index (χ2n) is 5.31. The van der Waals surface area contributed by atoms with Crippen LogP contribution in [0.1, 0.15) is 30.6 Å². The zero-order valence-corrected chi connectivity index (χ0v) is 12.4. The monoisotopic (exact) mass is 284 g/mol. The van der Waals surface area contributed by atoms with Crippen LogP contribution in [0.15, 0.2) is 36.5 Å². The Hall–Kier alpha value is -2.23. The third kappa shape index (κ3) is 3.27. The van der Waals surface area contributed by atoms with Crippen molar-refractivity contribution in [2.45, 2.75) is 26.3 Å². The molecule has 1 aliphatic rings. The number of anilines is 1. The number of fused-ring (bicyclic) bond motifs is 1. The van der Waals surface area contributed by atoms with Crippen molar-refractivity contribution in [3.05, 3.63) is 47.8 Å². The van der Waals surface area contributed by atoms with Gasteiger partial charge in [0.15, 0.2) is 11.5 Å². The molecule has 2 aromatic rings. The molecule has 4 heteroatoms. The number of aromatic nitrogens is 1. The standard InChI is InChI=1S/C17H20N2O2/c1-12-4-6-15(11-18-12)19-13(2)14-5-7-16-17(10-14)21-9-3-8-20-16/h4-7,10-11,13,19H,3,8-9H2,1-2H3. The minimum absolute atomic E-state index is 0.173. The van der Waals surface area contributed by atoms with Gasteiger partial charge in [-0.15, -0.1) is 0 Å². The number of ether oxygens (including phenoxy) is 2. The van der Waals surface area contributed by atoms with Crippen molar-refractivity contribution in [2.24, 2.45) is 0 Å². The molecule has 0 bridgehead atoms. The molecule has 0 saturated heterocycles. The van der Waals surface area contributed by atoms with E-state index in [4.69, 9.17) is 9.47 Å². The first-order chi connectivity index (χ1) is 10.2. The van der Waals surface area contributed by atoms with E-state index in [1.165, 1.54) is 5.56 Å². The Kier molecular flexibility index (Phi) is 3.95. The quantitative estimate of drug-likeness (QED) is 0.932. The first-order valence-electron chi connectivity index (χ1n) is 7.31. The summed E-state index contributed by atoms with van der Waals surface area (Å²) < 4.78 is 11.4. The van der Waals surface area contributed by atoms with E-state index in [9.17, 15) is 0 Å². The average Bonchev–Trinajstić information content (AvgIpc) is 2.74. The number of hydrogen-bond donors (Lipinski definition) is 1. The lowest BCUT2D eigenvalue weighted by Gasteiger charge is -2.17. The zero-order chi connectivity index (χ0) is 14.7. The Morgan fingerprint density at radius 1 is 1.10 bits per heavy atom. The van der Waals surface area contributed by atoms with Gasteiger partial charge in [-0.3, -0.25) is 4.98 Å². The predicted molar refractivity (Wildman–Crippen MR) is 83.1 cm³/mol. The van der Waals surface area contributed by atoms with Crippen LogP contribution in [0.2, 0.25) is 0 Å². The van der Waals surface area contributed by atoms with Crippen LogP contribution in [0, 0.1) is 6.92 Å². The maximum atomic E-state index is 5.74. The maximum Gasteiger partial charge on any atom is 0.161 e. The smallest absolute Gasteiger partial charge is 0.161 e. The SMILES string of the molecule is Cc1ccc(NC(C)c2ccc3c(c2)OCCCO3)cn1. The Labute approximate surface area is 125 Å². The molecule has 0 fully saturated rings. The molecule has 2 heterocycles. The minimum Gasteiger partial charge on any atom is -0.490 e. The van der Waals surface area contributed by atoms with Crippen molar-refractivity contribution in [1.82, 2.24) is 4.98 Å². The number of nitrogens with one attached hydrogen (secondary N) is 1. The van der Waals surface area contributed by atoms with Gasteiger partial charge in [0.25, 0.3) is 0 Å². The topological polar surface area (TPSA) is 43.4 Å². The number of hydrogen-bond acceptors (Lipinski definition) is 4. The number of nitrogens with zero attached hydrogens (tertiary/aromatic N) is 1. The number of pyridine rings is 1. The molecular formula is C17H20N2O2. The number of rotatable bonds is 3. The molecule has 4 nitrogen and oxygen atoms in total. The third-order valence-electron chi connectivity index (χ3n) is 3.57. The molecule has 3 rings (SSSR count). The van der Waals surface area contributed by atoms with Crippen LogP contribution in [0.25, 0.3) is 0 Å². The fourth-order valence-electron chi connectivity index (χ4n) is 2.34. The summed E-state index contributed by atoms with van der Waals surface area (Å²) in [5.74, 6) is 1.67. The Bertz CT molecular complexity index is 611. The molecule has 1 aromatic carbocycles. The van der Waals surface area contributed by atoms with Crippen LogP contribution in [-0.4, -0.2) is 18.2 Å². The van der Waals surface area contributed by atoms with E-state index in [1.807, 2.05) is 31.3 Å². The molecule has 1 aliphatic heterocycles. The Balaban J connectivity index is 1.76. The normalized spacial score (nSPS) is 15.1. The second-order valence-corrected chi connectivity index (χ2v) is 5.31. The van der Waals surface area contributed by atoms with Gasteiger partial charge in [0.05, 0.1) is 25.1 Å². The highest BCUT2D eigenvalue weighted by atomic mass is 16.5. The summed E-state index contributed by atoms with van der Waals surface area (Å²) in [6.07, 6.45) is 2.78. The largest absolute Gasteiger partial charge is 0.490 e. The van der Waals surface area contributed by atoms with Crippen molar-refractivity contribution in [3.63, 3.8) is 0 Å². The molecule has 0 amide bonds. The molecule has 1 unspecified atom stereocenters. The predicted octanol–water partition coefficient (Wildman–Crippen LogP) is 3.72. The lowest BCUT2D eigenvalue weighted by atomic mass is 10.1. The summed E-state index contributed by atoms with van der Waals surface area (Å²) in [4.78, 5) is 4.30. The highest BCUT2D eigenvalue weighted by molar-refractivity contribution is 5.48. The van der Waals surface area contributed by atoms with Gasteiger partial charge in [0, 0.05) is 18.2 Å². The van der Waals surface area contributed by atoms with Gasteiger partial charge in [0.1, 0.15) is 0 Å². The van der Waals surface area contributed by atoms with Crippen LogP contribution in [-0.2, 0) is 0 Å². The molecular weight excluding hydrogens is 264 g/mol. The maximum absolute atomic E-state index is 5.74. The summed E-state index contributed by atoms with van der Waals surface area (Å²) in [6, 6.07) is 10.3. The van der Waals surface area contributed by atoms with Crippen LogP contribution in [0.3, 0.4) is 0 Å². The van der Waals surface area contributed by atoms with Gasteiger partial charge in [-0.2, -0.15) is 0 Å². The number of benzene rings is 1. The van der Waals surface area contributed by atoms with Gasteiger partial charge in [-0.25, -0.2) is 0 Å². The summed E-state index contributed by atoms with van der Waals surface area (Å²) in [5, 5.41) is 3.45. The van der Waals surface area contributed by atoms with Gasteiger partial charge in [0.2, 0.25) is 0 Å². The lowest BCUT2D eigenvalue weighted by Crippen LogP contribution is -2.07. The third-order valence-corrected chi connectivity index (χ3v) is 3.57. The first kappa shape index (κ1) is 13.7. The van der Waals surface area contributed by atoms with Crippen LogP contribution in [0.4, 0.5) is 5.69 Å². The minimum atomic E-state index is 0.173. The molecule has 1 aromatic heterocycles. The highest BCUT2D eigenvalue weighted by Gasteiger charge is 2.13. The molecule has 1 N–H and O–H groups in total. The zero-order valence-electron chi connectivity index (χ0n) is 12.4. The Morgan fingerprint density at radius 3 is 2.67 bits per heavy atom.